The van der Waals surface area contributed by atoms with E-state index in [2.05, 4.69) is 0 Å². The lowest BCUT2D eigenvalue weighted by Gasteiger charge is -2.21. The number of aryl methyl sites for hydroxylation is 1. The van der Waals surface area contributed by atoms with Crippen molar-refractivity contribution in [1.82, 2.24) is 4.31 Å². The second-order valence-electron chi connectivity index (χ2n) is 4.68. The minimum atomic E-state index is -3.82. The number of rotatable bonds is 7. The number of sulfonamides is 1. The maximum absolute atomic E-state index is 12.6. The van der Waals surface area contributed by atoms with Gasteiger partial charge in [0.1, 0.15) is 11.4 Å². The van der Waals surface area contributed by atoms with Gasteiger partial charge >= 0.3 is 5.97 Å². The van der Waals surface area contributed by atoms with E-state index in [1.807, 2.05) is 13.8 Å². The van der Waals surface area contributed by atoms with Crippen LogP contribution in [0.2, 0.25) is 0 Å². The molecule has 0 saturated heterocycles. The second-order valence-corrected chi connectivity index (χ2v) is 6.59. The smallest absolute Gasteiger partial charge is 0.321 e. The van der Waals surface area contributed by atoms with Crippen LogP contribution in [0, 0.1) is 6.92 Å². The van der Waals surface area contributed by atoms with Crippen molar-refractivity contribution in [3.63, 3.8) is 0 Å². The van der Waals surface area contributed by atoms with E-state index < -0.39 is 16.0 Å². The highest BCUT2D eigenvalue weighted by Gasteiger charge is 2.28. The molecule has 6 nitrogen and oxygen atoms in total. The predicted octanol–water partition coefficient (Wildman–Crippen LogP) is 1.54. The summed E-state index contributed by atoms with van der Waals surface area (Å²) in [6, 6.07) is 4.74. The van der Waals surface area contributed by atoms with E-state index in [1.54, 1.807) is 19.1 Å². The predicted molar refractivity (Wildman–Crippen MR) is 81.3 cm³/mol. The summed E-state index contributed by atoms with van der Waals surface area (Å²) in [5.74, 6) is -0.569. The molecule has 0 radical (unpaired) electrons. The molecule has 21 heavy (non-hydrogen) atoms. The van der Waals surface area contributed by atoms with Gasteiger partial charge in [0.15, 0.2) is 0 Å². The Bertz CT molecular complexity index is 599. The average molecular weight is 314 g/mol. The van der Waals surface area contributed by atoms with Crippen LogP contribution < -0.4 is 5.73 Å². The number of carbonyl (C=O) groups excluding carboxylic acids is 1. The molecule has 0 aromatic heterocycles. The van der Waals surface area contributed by atoms with Crippen LogP contribution >= 0.6 is 0 Å². The second kappa shape index (κ2) is 7.42. The summed E-state index contributed by atoms with van der Waals surface area (Å²) >= 11 is 0. The molecular weight excluding hydrogens is 292 g/mol. The summed E-state index contributed by atoms with van der Waals surface area (Å²) < 4.78 is 31.2. The summed E-state index contributed by atoms with van der Waals surface area (Å²) in [5, 5.41) is 0. The monoisotopic (exact) mass is 314 g/mol. The first-order valence-corrected chi connectivity index (χ1v) is 8.28. The van der Waals surface area contributed by atoms with Crippen molar-refractivity contribution in [2.24, 2.45) is 0 Å². The topological polar surface area (TPSA) is 89.7 Å². The van der Waals surface area contributed by atoms with Crippen LogP contribution in [0.1, 0.15) is 25.8 Å². The van der Waals surface area contributed by atoms with Gasteiger partial charge in [-0.3, -0.25) is 4.79 Å². The number of hydrogen-bond acceptors (Lipinski definition) is 5. The van der Waals surface area contributed by atoms with Gasteiger partial charge in [-0.25, -0.2) is 8.42 Å². The van der Waals surface area contributed by atoms with E-state index in [4.69, 9.17) is 10.5 Å². The molecule has 0 atom stereocenters. The van der Waals surface area contributed by atoms with Gasteiger partial charge in [-0.05, 0) is 38.0 Å². The van der Waals surface area contributed by atoms with Crippen molar-refractivity contribution in [3.8, 4) is 0 Å². The highest BCUT2D eigenvalue weighted by atomic mass is 32.2. The molecule has 2 N–H and O–H groups in total. The number of nitrogens with zero attached hydrogens (tertiary/aromatic N) is 1. The molecule has 0 bridgehead atoms. The van der Waals surface area contributed by atoms with Crippen LogP contribution in [0.4, 0.5) is 5.69 Å². The number of anilines is 1. The third-order valence-electron chi connectivity index (χ3n) is 2.87. The molecule has 0 saturated carbocycles. The molecule has 0 fully saturated rings. The molecule has 0 amide bonds. The first-order chi connectivity index (χ1) is 9.82. The Labute approximate surface area is 125 Å². The summed E-state index contributed by atoms with van der Waals surface area (Å²) in [6.07, 6.45) is 0.588. The third-order valence-corrected chi connectivity index (χ3v) is 4.79. The van der Waals surface area contributed by atoms with Crippen molar-refractivity contribution >= 4 is 21.7 Å². The largest absolute Gasteiger partial charge is 0.465 e. The fourth-order valence-corrected chi connectivity index (χ4v) is 3.50. The fraction of sp³-hybridized carbons (Fsp3) is 0.500. The number of nitrogen functional groups attached to an aromatic ring is 1. The van der Waals surface area contributed by atoms with E-state index in [-0.39, 0.29) is 30.3 Å². The number of carbonyl (C=O) groups is 1. The van der Waals surface area contributed by atoms with Gasteiger partial charge in [0.25, 0.3) is 0 Å². The minimum Gasteiger partial charge on any atom is -0.465 e. The van der Waals surface area contributed by atoms with Crippen LogP contribution in [0.5, 0.6) is 0 Å². The van der Waals surface area contributed by atoms with Crippen LogP contribution in [0.3, 0.4) is 0 Å². The molecular formula is C14H22N2O4S. The van der Waals surface area contributed by atoms with E-state index in [0.717, 1.165) is 9.87 Å². The number of hydrogen-bond donors (Lipinski definition) is 1. The highest BCUT2D eigenvalue weighted by Crippen LogP contribution is 2.23. The van der Waals surface area contributed by atoms with Crippen LogP contribution in [0.25, 0.3) is 0 Å². The van der Waals surface area contributed by atoms with Crippen LogP contribution in [-0.2, 0) is 19.6 Å². The summed E-state index contributed by atoms with van der Waals surface area (Å²) in [4.78, 5) is 11.6. The zero-order valence-corrected chi connectivity index (χ0v) is 13.4. The summed E-state index contributed by atoms with van der Waals surface area (Å²) in [6.45, 7) is 5.48. The minimum absolute atomic E-state index is 0.0193. The SMILES string of the molecule is CCCN(CC(=O)OCC)S(=O)(=O)c1ccc(C)cc1N. The molecule has 1 rings (SSSR count). The molecule has 118 valence electrons. The number of esters is 1. The van der Waals surface area contributed by atoms with Gasteiger partial charge in [-0.15, -0.1) is 0 Å². The highest BCUT2D eigenvalue weighted by molar-refractivity contribution is 7.89. The zero-order valence-electron chi connectivity index (χ0n) is 12.6. The lowest BCUT2D eigenvalue weighted by molar-refractivity contribution is -0.143. The molecule has 0 unspecified atom stereocenters. The summed E-state index contributed by atoms with van der Waals surface area (Å²) in [7, 11) is -3.82. The molecule has 0 spiro atoms. The van der Waals surface area contributed by atoms with Crippen molar-refractivity contribution in [2.75, 3.05) is 25.4 Å². The van der Waals surface area contributed by atoms with Gasteiger partial charge in [0.05, 0.1) is 12.3 Å². The van der Waals surface area contributed by atoms with E-state index in [9.17, 15) is 13.2 Å². The van der Waals surface area contributed by atoms with Crippen molar-refractivity contribution in [3.05, 3.63) is 23.8 Å². The standard InChI is InChI=1S/C14H22N2O4S/c1-4-8-16(10-14(17)20-5-2)21(18,19)13-7-6-11(3)9-12(13)15/h6-7,9H,4-5,8,10,15H2,1-3H3. The fourth-order valence-electron chi connectivity index (χ4n) is 1.93. The maximum Gasteiger partial charge on any atom is 0.321 e. The molecule has 0 aliphatic carbocycles. The van der Waals surface area contributed by atoms with Gasteiger partial charge in [0, 0.05) is 6.54 Å². The Hall–Kier alpha value is -1.60. The lowest BCUT2D eigenvalue weighted by atomic mass is 10.2. The quantitative estimate of drug-likeness (QED) is 0.609. The number of ether oxygens (including phenoxy) is 1. The van der Waals surface area contributed by atoms with Gasteiger partial charge in [0.2, 0.25) is 10.0 Å². The van der Waals surface area contributed by atoms with E-state index in [1.165, 1.54) is 6.07 Å². The van der Waals surface area contributed by atoms with Crippen molar-refractivity contribution in [1.29, 1.82) is 0 Å². The zero-order chi connectivity index (χ0) is 16.0. The van der Waals surface area contributed by atoms with Crippen LogP contribution in [0.15, 0.2) is 23.1 Å². The molecule has 0 aliphatic rings. The normalized spacial score (nSPS) is 11.6. The van der Waals surface area contributed by atoms with E-state index >= 15 is 0 Å². The van der Waals surface area contributed by atoms with Gasteiger partial charge in [-0.1, -0.05) is 13.0 Å². The maximum atomic E-state index is 12.6. The first kappa shape index (κ1) is 17.5. The Balaban J connectivity index is 3.12. The lowest BCUT2D eigenvalue weighted by Crippen LogP contribution is -2.37. The van der Waals surface area contributed by atoms with Crippen molar-refractivity contribution in [2.45, 2.75) is 32.1 Å². The molecule has 0 heterocycles. The molecule has 1 aromatic rings. The molecule has 0 aliphatic heterocycles. The Kier molecular flexibility index (Phi) is 6.17. The third kappa shape index (κ3) is 4.44. The Morgan fingerprint density at radius 1 is 1.33 bits per heavy atom. The van der Waals surface area contributed by atoms with Gasteiger partial charge in [-0.2, -0.15) is 4.31 Å². The molecule has 1 aromatic carbocycles. The molecule has 7 heteroatoms. The average Bonchev–Trinajstić information content (AvgIpc) is 2.38. The van der Waals surface area contributed by atoms with Gasteiger partial charge < -0.3 is 10.5 Å². The van der Waals surface area contributed by atoms with Crippen molar-refractivity contribution < 1.29 is 17.9 Å². The summed E-state index contributed by atoms with van der Waals surface area (Å²) in [5.41, 5.74) is 6.86. The Morgan fingerprint density at radius 2 is 2.00 bits per heavy atom. The number of benzene rings is 1. The Morgan fingerprint density at radius 3 is 2.52 bits per heavy atom. The first-order valence-electron chi connectivity index (χ1n) is 6.84. The number of nitrogens with two attached hydrogens (primary N) is 1. The van der Waals surface area contributed by atoms with E-state index in [0.29, 0.717) is 6.42 Å². The van der Waals surface area contributed by atoms with Crippen LogP contribution in [-0.4, -0.2) is 38.4 Å².